The number of cyclic esters (lactones) is 1. The maximum atomic E-state index is 10.9. The molecule has 0 amide bonds. The highest BCUT2D eigenvalue weighted by Gasteiger charge is 2.34. The molecule has 0 bridgehead atoms. The summed E-state index contributed by atoms with van der Waals surface area (Å²) in [5, 5.41) is 9.37. The Kier molecular flexibility index (Phi) is 2.02. The fourth-order valence-corrected chi connectivity index (χ4v) is 1.53. The summed E-state index contributed by atoms with van der Waals surface area (Å²) in [6.45, 7) is 0. The molecule has 1 aromatic rings. The fourth-order valence-electron chi connectivity index (χ4n) is 1.53. The summed E-state index contributed by atoms with van der Waals surface area (Å²) >= 11 is 0. The first-order chi connectivity index (χ1) is 6.27. The Morgan fingerprint density at radius 1 is 1.31 bits per heavy atom. The number of esters is 1. The standard InChI is InChI=1S/C10H10O3/c11-9-6-8(10(12)13-9)7-4-2-1-3-5-7/h1-5,8,10,12H,6H2. The highest BCUT2D eigenvalue weighted by Crippen LogP contribution is 2.30. The Labute approximate surface area is 76.0 Å². The van der Waals surface area contributed by atoms with Gasteiger partial charge in [0.25, 0.3) is 0 Å². The number of rotatable bonds is 1. The molecular weight excluding hydrogens is 168 g/mol. The molecule has 1 aliphatic rings. The number of carbonyl (C=O) groups excluding carboxylic acids is 1. The van der Waals surface area contributed by atoms with Crippen molar-refractivity contribution in [1.29, 1.82) is 0 Å². The number of ether oxygens (including phenoxy) is 1. The molecule has 1 N–H and O–H groups in total. The lowest BCUT2D eigenvalue weighted by atomic mass is 9.97. The Morgan fingerprint density at radius 2 is 2.00 bits per heavy atom. The van der Waals surface area contributed by atoms with Gasteiger partial charge in [-0.25, -0.2) is 0 Å². The van der Waals surface area contributed by atoms with E-state index in [0.29, 0.717) is 0 Å². The van der Waals surface area contributed by atoms with Gasteiger partial charge in [-0.2, -0.15) is 0 Å². The monoisotopic (exact) mass is 178 g/mol. The molecule has 0 aromatic heterocycles. The summed E-state index contributed by atoms with van der Waals surface area (Å²) in [6.07, 6.45) is -0.708. The average Bonchev–Trinajstić information content (AvgIpc) is 2.47. The third-order valence-electron chi connectivity index (χ3n) is 2.21. The first kappa shape index (κ1) is 8.26. The summed E-state index contributed by atoms with van der Waals surface area (Å²) in [5.41, 5.74) is 0.945. The summed E-state index contributed by atoms with van der Waals surface area (Å²) in [7, 11) is 0. The summed E-state index contributed by atoms with van der Waals surface area (Å²) in [4.78, 5) is 10.9. The first-order valence-corrected chi connectivity index (χ1v) is 4.20. The van der Waals surface area contributed by atoms with Crippen LogP contribution in [0.1, 0.15) is 17.9 Å². The van der Waals surface area contributed by atoms with Crippen molar-refractivity contribution in [3.05, 3.63) is 35.9 Å². The molecule has 3 nitrogen and oxygen atoms in total. The van der Waals surface area contributed by atoms with Gasteiger partial charge in [-0.05, 0) is 5.56 Å². The molecule has 1 heterocycles. The first-order valence-electron chi connectivity index (χ1n) is 4.20. The van der Waals surface area contributed by atoms with Crippen molar-refractivity contribution < 1.29 is 14.6 Å². The van der Waals surface area contributed by atoms with Crippen LogP contribution < -0.4 is 0 Å². The molecule has 0 aliphatic carbocycles. The van der Waals surface area contributed by atoms with Crippen molar-refractivity contribution in [2.75, 3.05) is 0 Å². The van der Waals surface area contributed by atoms with Crippen LogP contribution in [0.5, 0.6) is 0 Å². The molecule has 1 aromatic carbocycles. The lowest BCUT2D eigenvalue weighted by Crippen LogP contribution is -2.12. The van der Waals surface area contributed by atoms with E-state index >= 15 is 0 Å². The maximum Gasteiger partial charge on any atom is 0.308 e. The van der Waals surface area contributed by atoms with Crippen molar-refractivity contribution in [2.24, 2.45) is 0 Å². The Balaban J connectivity index is 2.23. The molecule has 2 rings (SSSR count). The molecule has 2 unspecified atom stereocenters. The van der Waals surface area contributed by atoms with Crippen LogP contribution in [0.4, 0.5) is 0 Å². The van der Waals surface area contributed by atoms with Crippen LogP contribution in [-0.2, 0) is 9.53 Å². The van der Waals surface area contributed by atoms with E-state index in [1.54, 1.807) is 0 Å². The minimum Gasteiger partial charge on any atom is -0.435 e. The van der Waals surface area contributed by atoms with Gasteiger partial charge in [-0.1, -0.05) is 30.3 Å². The highest BCUT2D eigenvalue weighted by molar-refractivity contribution is 5.73. The Morgan fingerprint density at radius 3 is 2.54 bits per heavy atom. The smallest absolute Gasteiger partial charge is 0.308 e. The molecule has 0 spiro atoms. The quantitative estimate of drug-likeness (QED) is 0.653. The van der Waals surface area contributed by atoms with Crippen molar-refractivity contribution in [1.82, 2.24) is 0 Å². The molecule has 1 saturated heterocycles. The van der Waals surface area contributed by atoms with Gasteiger partial charge < -0.3 is 9.84 Å². The van der Waals surface area contributed by atoms with E-state index in [1.165, 1.54) is 0 Å². The molecule has 3 heteroatoms. The minimum atomic E-state index is -0.977. The average molecular weight is 178 g/mol. The third kappa shape index (κ3) is 1.55. The zero-order valence-electron chi connectivity index (χ0n) is 7.01. The normalized spacial score (nSPS) is 27.3. The second kappa shape index (κ2) is 3.18. The number of carbonyl (C=O) groups is 1. The number of benzene rings is 1. The van der Waals surface area contributed by atoms with Crippen LogP contribution in [0.15, 0.2) is 30.3 Å². The highest BCUT2D eigenvalue weighted by atomic mass is 16.6. The molecule has 68 valence electrons. The topological polar surface area (TPSA) is 46.5 Å². The number of hydrogen-bond acceptors (Lipinski definition) is 3. The van der Waals surface area contributed by atoms with Gasteiger partial charge in [0.15, 0.2) is 0 Å². The van der Waals surface area contributed by atoms with E-state index in [4.69, 9.17) is 0 Å². The van der Waals surface area contributed by atoms with Crippen molar-refractivity contribution in [3.63, 3.8) is 0 Å². The molecule has 0 radical (unpaired) electrons. The van der Waals surface area contributed by atoms with Crippen molar-refractivity contribution in [3.8, 4) is 0 Å². The largest absolute Gasteiger partial charge is 0.435 e. The van der Waals surface area contributed by atoms with E-state index in [9.17, 15) is 9.90 Å². The van der Waals surface area contributed by atoms with Gasteiger partial charge in [-0.3, -0.25) is 4.79 Å². The lowest BCUT2D eigenvalue weighted by molar-refractivity contribution is -0.154. The molecule has 1 fully saturated rings. The predicted molar refractivity (Wildman–Crippen MR) is 45.9 cm³/mol. The van der Waals surface area contributed by atoms with Crippen LogP contribution in [0.3, 0.4) is 0 Å². The number of aliphatic hydroxyl groups is 1. The zero-order valence-corrected chi connectivity index (χ0v) is 7.01. The van der Waals surface area contributed by atoms with E-state index in [2.05, 4.69) is 4.74 Å². The van der Waals surface area contributed by atoms with E-state index < -0.39 is 6.29 Å². The van der Waals surface area contributed by atoms with Crippen LogP contribution in [0, 0.1) is 0 Å². The molecule has 2 atom stereocenters. The fraction of sp³-hybridized carbons (Fsp3) is 0.300. The Hall–Kier alpha value is -1.35. The van der Waals surface area contributed by atoms with Crippen molar-refractivity contribution in [2.45, 2.75) is 18.6 Å². The third-order valence-corrected chi connectivity index (χ3v) is 2.21. The minimum absolute atomic E-state index is 0.200. The van der Waals surface area contributed by atoms with Crippen LogP contribution in [0.2, 0.25) is 0 Å². The van der Waals surface area contributed by atoms with Gasteiger partial charge in [0.2, 0.25) is 6.29 Å². The summed E-state index contributed by atoms with van der Waals surface area (Å²) in [6, 6.07) is 9.43. The van der Waals surface area contributed by atoms with Crippen LogP contribution in [-0.4, -0.2) is 17.4 Å². The zero-order chi connectivity index (χ0) is 9.26. The Bertz CT molecular complexity index is 307. The second-order valence-electron chi connectivity index (χ2n) is 3.10. The van der Waals surface area contributed by atoms with E-state index in [-0.39, 0.29) is 18.3 Å². The van der Waals surface area contributed by atoms with Gasteiger partial charge in [0.05, 0.1) is 12.3 Å². The molecule has 1 aliphatic heterocycles. The summed E-state index contributed by atoms with van der Waals surface area (Å²) in [5.74, 6) is -0.532. The number of aliphatic hydroxyl groups excluding tert-OH is 1. The van der Waals surface area contributed by atoms with Crippen LogP contribution in [0.25, 0.3) is 0 Å². The summed E-state index contributed by atoms with van der Waals surface area (Å²) < 4.78 is 4.64. The number of hydrogen-bond donors (Lipinski definition) is 1. The van der Waals surface area contributed by atoms with Crippen molar-refractivity contribution >= 4 is 5.97 Å². The van der Waals surface area contributed by atoms with E-state index in [0.717, 1.165) is 5.56 Å². The predicted octanol–water partition coefficient (Wildman–Crippen LogP) is 1.04. The second-order valence-corrected chi connectivity index (χ2v) is 3.10. The molecular formula is C10H10O3. The van der Waals surface area contributed by atoms with Gasteiger partial charge in [-0.15, -0.1) is 0 Å². The lowest BCUT2D eigenvalue weighted by Gasteiger charge is -2.10. The maximum absolute atomic E-state index is 10.9. The SMILES string of the molecule is O=C1CC(c2ccccc2)C(O)O1. The van der Waals surface area contributed by atoms with Gasteiger partial charge in [0, 0.05) is 0 Å². The van der Waals surface area contributed by atoms with E-state index in [1.807, 2.05) is 30.3 Å². The molecule has 13 heavy (non-hydrogen) atoms. The molecule has 0 saturated carbocycles. The van der Waals surface area contributed by atoms with Crippen LogP contribution >= 0.6 is 0 Å². The van der Waals surface area contributed by atoms with Gasteiger partial charge in [0.1, 0.15) is 0 Å². The van der Waals surface area contributed by atoms with Gasteiger partial charge >= 0.3 is 5.97 Å².